The summed E-state index contributed by atoms with van der Waals surface area (Å²) in [4.78, 5) is 0. The lowest BCUT2D eigenvalue weighted by Crippen LogP contribution is -2.27. The largest absolute Gasteiger partial charge is 0.504 e. The first kappa shape index (κ1) is 15.4. The number of phenols is 2. The Morgan fingerprint density at radius 2 is 1.24 bits per heavy atom. The van der Waals surface area contributed by atoms with Gasteiger partial charge in [0.2, 0.25) is 5.79 Å². The van der Waals surface area contributed by atoms with Crippen LogP contribution in [0.25, 0.3) is 21.5 Å². The quantitative estimate of drug-likeness (QED) is 0.334. The smallest absolute Gasteiger partial charge is 0.222 e. The molecule has 0 saturated heterocycles. The first-order valence-electron chi connectivity index (χ1n) is 7.87. The third kappa shape index (κ3) is 2.31. The Kier molecular flexibility index (Phi) is 3.39. The molecule has 4 aromatic carbocycles. The van der Waals surface area contributed by atoms with Crippen molar-refractivity contribution < 1.29 is 20.4 Å². The Bertz CT molecular complexity index is 1090. The van der Waals surface area contributed by atoms with Crippen molar-refractivity contribution in [3.05, 3.63) is 83.9 Å². The minimum atomic E-state index is -2.48. The molecular weight excluding hydrogens is 316 g/mol. The van der Waals surface area contributed by atoms with E-state index in [9.17, 15) is 20.4 Å². The van der Waals surface area contributed by atoms with Gasteiger partial charge < -0.3 is 20.4 Å². The zero-order valence-corrected chi connectivity index (χ0v) is 13.2. The number of aromatic hydroxyl groups is 2. The summed E-state index contributed by atoms with van der Waals surface area (Å²) in [5.74, 6) is -3.43. The van der Waals surface area contributed by atoms with Gasteiger partial charge in [0.15, 0.2) is 11.5 Å². The molecule has 0 atom stereocenters. The van der Waals surface area contributed by atoms with Gasteiger partial charge in [-0.15, -0.1) is 0 Å². The Balaban J connectivity index is 2.09. The van der Waals surface area contributed by atoms with Gasteiger partial charge in [-0.05, 0) is 27.6 Å². The molecule has 0 bridgehead atoms. The SMILES string of the molecule is Oc1cc2ccccc2c(C(O)(O)c2cccc3ccccc23)c1O. The van der Waals surface area contributed by atoms with Crippen LogP contribution in [0.15, 0.2) is 72.8 Å². The molecule has 4 aromatic rings. The molecule has 0 fully saturated rings. The molecule has 4 nitrogen and oxygen atoms in total. The average Bonchev–Trinajstić information content (AvgIpc) is 2.62. The van der Waals surface area contributed by atoms with Crippen LogP contribution in [-0.2, 0) is 5.79 Å². The van der Waals surface area contributed by atoms with Crippen molar-refractivity contribution in [3.8, 4) is 11.5 Å². The minimum Gasteiger partial charge on any atom is -0.504 e. The van der Waals surface area contributed by atoms with Crippen LogP contribution in [0, 0.1) is 0 Å². The predicted molar refractivity (Wildman–Crippen MR) is 96.4 cm³/mol. The second-order valence-electron chi connectivity index (χ2n) is 6.04. The van der Waals surface area contributed by atoms with E-state index in [1.165, 1.54) is 6.07 Å². The van der Waals surface area contributed by atoms with Gasteiger partial charge in [-0.3, -0.25) is 0 Å². The molecule has 0 aliphatic heterocycles. The average molecular weight is 332 g/mol. The fourth-order valence-corrected chi connectivity index (χ4v) is 3.34. The van der Waals surface area contributed by atoms with Gasteiger partial charge in [0.25, 0.3) is 0 Å². The molecule has 0 aromatic heterocycles. The number of hydrogen-bond acceptors (Lipinski definition) is 4. The van der Waals surface area contributed by atoms with Gasteiger partial charge in [0, 0.05) is 5.56 Å². The predicted octanol–water partition coefficient (Wildman–Crippen LogP) is 3.59. The molecule has 0 radical (unpaired) electrons. The fraction of sp³-hybridized carbons (Fsp3) is 0.0476. The van der Waals surface area contributed by atoms with Gasteiger partial charge in [0.1, 0.15) is 0 Å². The Labute approximate surface area is 143 Å². The van der Waals surface area contributed by atoms with Crippen molar-refractivity contribution >= 4 is 21.5 Å². The van der Waals surface area contributed by atoms with Crippen molar-refractivity contribution in [2.24, 2.45) is 0 Å². The van der Waals surface area contributed by atoms with Crippen LogP contribution < -0.4 is 0 Å². The van der Waals surface area contributed by atoms with E-state index in [4.69, 9.17) is 0 Å². The molecule has 0 heterocycles. The van der Waals surface area contributed by atoms with Crippen molar-refractivity contribution in [1.82, 2.24) is 0 Å². The topological polar surface area (TPSA) is 80.9 Å². The lowest BCUT2D eigenvalue weighted by molar-refractivity contribution is -0.130. The number of rotatable bonds is 2. The zero-order valence-electron chi connectivity index (χ0n) is 13.2. The summed E-state index contributed by atoms with van der Waals surface area (Å²) in [6, 6.07) is 20.8. The molecule has 0 unspecified atom stereocenters. The molecule has 25 heavy (non-hydrogen) atoms. The standard InChI is InChI=1S/C21H16O4/c22-18-12-14-7-2-4-10-16(14)19(20(18)23)21(24,25)17-11-5-8-13-6-1-3-9-15(13)17/h1-12,22-25H. The second kappa shape index (κ2) is 5.48. The van der Waals surface area contributed by atoms with E-state index in [1.807, 2.05) is 24.3 Å². The van der Waals surface area contributed by atoms with Crippen LogP contribution >= 0.6 is 0 Å². The minimum absolute atomic E-state index is 0.139. The summed E-state index contributed by atoms with van der Waals surface area (Å²) in [6.07, 6.45) is 0. The van der Waals surface area contributed by atoms with Crippen LogP contribution in [0.5, 0.6) is 11.5 Å². The van der Waals surface area contributed by atoms with Gasteiger partial charge in [0.05, 0.1) is 5.56 Å². The lowest BCUT2D eigenvalue weighted by Gasteiger charge is -2.27. The van der Waals surface area contributed by atoms with Crippen LogP contribution in [-0.4, -0.2) is 20.4 Å². The highest BCUT2D eigenvalue weighted by molar-refractivity contribution is 5.93. The van der Waals surface area contributed by atoms with E-state index in [1.54, 1.807) is 42.5 Å². The van der Waals surface area contributed by atoms with E-state index in [-0.39, 0.29) is 11.1 Å². The van der Waals surface area contributed by atoms with E-state index in [2.05, 4.69) is 0 Å². The highest BCUT2D eigenvalue weighted by atomic mass is 16.5. The van der Waals surface area contributed by atoms with Gasteiger partial charge in [-0.25, -0.2) is 0 Å². The van der Waals surface area contributed by atoms with E-state index in [0.29, 0.717) is 16.2 Å². The third-order valence-corrected chi connectivity index (χ3v) is 4.52. The first-order chi connectivity index (χ1) is 12.0. The Hall–Kier alpha value is -3.08. The maximum absolute atomic E-state index is 11.0. The van der Waals surface area contributed by atoms with E-state index < -0.39 is 17.3 Å². The zero-order chi connectivity index (χ0) is 17.6. The third-order valence-electron chi connectivity index (χ3n) is 4.52. The first-order valence-corrected chi connectivity index (χ1v) is 7.87. The van der Waals surface area contributed by atoms with Gasteiger partial charge in [-0.2, -0.15) is 0 Å². The number of hydrogen-bond donors (Lipinski definition) is 4. The maximum Gasteiger partial charge on any atom is 0.222 e. The van der Waals surface area contributed by atoms with Crippen molar-refractivity contribution in [2.75, 3.05) is 0 Å². The van der Waals surface area contributed by atoms with Crippen molar-refractivity contribution in [3.63, 3.8) is 0 Å². The van der Waals surface area contributed by atoms with Crippen LogP contribution in [0.2, 0.25) is 0 Å². The number of fused-ring (bicyclic) bond motifs is 2. The summed E-state index contributed by atoms with van der Waals surface area (Å²) < 4.78 is 0. The summed E-state index contributed by atoms with van der Waals surface area (Å²) >= 11 is 0. The maximum atomic E-state index is 11.0. The molecule has 4 heteroatoms. The molecule has 0 spiro atoms. The van der Waals surface area contributed by atoms with Gasteiger partial charge in [-0.1, -0.05) is 66.7 Å². The highest BCUT2D eigenvalue weighted by Crippen LogP contribution is 2.44. The molecule has 0 aliphatic rings. The Morgan fingerprint density at radius 3 is 2.00 bits per heavy atom. The molecule has 4 rings (SSSR count). The summed E-state index contributed by atoms with van der Waals surface area (Å²) in [6.45, 7) is 0. The van der Waals surface area contributed by atoms with Crippen molar-refractivity contribution in [2.45, 2.75) is 5.79 Å². The summed E-state index contributed by atoms with van der Waals surface area (Å²) in [5.41, 5.74) is 0.0936. The van der Waals surface area contributed by atoms with Crippen LogP contribution in [0.3, 0.4) is 0 Å². The van der Waals surface area contributed by atoms with Crippen LogP contribution in [0.1, 0.15) is 11.1 Å². The number of benzene rings is 4. The second-order valence-corrected chi connectivity index (χ2v) is 6.04. The van der Waals surface area contributed by atoms with E-state index in [0.717, 1.165) is 5.39 Å². The molecule has 0 aliphatic carbocycles. The highest BCUT2D eigenvalue weighted by Gasteiger charge is 2.36. The summed E-state index contributed by atoms with van der Waals surface area (Å²) in [7, 11) is 0. The Morgan fingerprint density at radius 1 is 0.640 bits per heavy atom. The molecule has 4 N–H and O–H groups in total. The lowest BCUT2D eigenvalue weighted by atomic mass is 9.88. The number of aliphatic hydroxyl groups is 2. The molecule has 0 saturated carbocycles. The monoisotopic (exact) mass is 332 g/mol. The summed E-state index contributed by atoms with van der Waals surface area (Å²) in [5, 5.41) is 45.1. The van der Waals surface area contributed by atoms with Crippen molar-refractivity contribution in [1.29, 1.82) is 0 Å². The van der Waals surface area contributed by atoms with Crippen LogP contribution in [0.4, 0.5) is 0 Å². The molecular formula is C21H16O4. The number of phenolic OH excluding ortho intramolecular Hbond substituents is 2. The fourth-order valence-electron chi connectivity index (χ4n) is 3.34. The normalized spacial score (nSPS) is 11.9. The molecule has 124 valence electrons. The van der Waals surface area contributed by atoms with Gasteiger partial charge >= 0.3 is 0 Å². The van der Waals surface area contributed by atoms with E-state index >= 15 is 0 Å². The molecule has 0 amide bonds.